The van der Waals surface area contributed by atoms with Crippen LogP contribution in [0.3, 0.4) is 0 Å². The number of hydrogen-bond donors (Lipinski definition) is 1. The highest BCUT2D eigenvalue weighted by Gasteiger charge is 2.17. The van der Waals surface area contributed by atoms with E-state index in [4.69, 9.17) is 9.47 Å². The first-order valence-electron chi connectivity index (χ1n) is 18.6. The van der Waals surface area contributed by atoms with Crippen molar-refractivity contribution < 1.29 is 27.8 Å². The molecule has 0 aliphatic carbocycles. The van der Waals surface area contributed by atoms with E-state index >= 15 is 0 Å². The molecule has 0 amide bonds. The molecule has 1 N–H and O–H groups in total. The van der Waals surface area contributed by atoms with Crippen LogP contribution in [-0.4, -0.2) is 33.9 Å². The fourth-order valence-corrected chi connectivity index (χ4v) is 6.13. The van der Waals surface area contributed by atoms with E-state index in [0.717, 1.165) is 38.5 Å². The number of carbonyl (C=O) groups excluding carboxylic acids is 2. The summed E-state index contributed by atoms with van der Waals surface area (Å²) in [6.07, 6.45) is 32.3. The lowest BCUT2D eigenvalue weighted by atomic mass is 10.0. The second-order valence-electron chi connectivity index (χ2n) is 12.8. The molecule has 260 valence electrons. The van der Waals surface area contributed by atoms with Crippen molar-refractivity contribution in [3.63, 3.8) is 0 Å². The number of unbranched alkanes of at least 4 members (excludes halogenated alkanes) is 24. The second kappa shape index (κ2) is 29.7. The van der Waals surface area contributed by atoms with Crippen molar-refractivity contribution in [1.29, 1.82) is 0 Å². The highest BCUT2D eigenvalue weighted by molar-refractivity contribution is 7.79. The summed E-state index contributed by atoms with van der Waals surface area (Å²) in [6.45, 7) is 5.09. The van der Waals surface area contributed by atoms with Crippen LogP contribution in [0.1, 0.15) is 202 Å². The average Bonchev–Trinajstić information content (AvgIpc) is 3.04. The van der Waals surface area contributed by atoms with Crippen molar-refractivity contribution in [3.8, 4) is 0 Å². The highest BCUT2D eigenvalue weighted by atomic mass is 32.2. The third-order valence-electron chi connectivity index (χ3n) is 8.54. The number of hydrogen-bond acceptors (Lipinski definition) is 5. The summed E-state index contributed by atoms with van der Waals surface area (Å²) in [6, 6.07) is 4.02. The molecular formula is C38H66O6S. The quantitative estimate of drug-likeness (QED) is 0.0488. The van der Waals surface area contributed by atoms with Crippen molar-refractivity contribution >= 4 is 23.0 Å². The summed E-state index contributed by atoms with van der Waals surface area (Å²) in [7, 11) is 0. The van der Waals surface area contributed by atoms with Gasteiger partial charge in [0, 0.05) is 0 Å². The van der Waals surface area contributed by atoms with Crippen LogP contribution in [0.2, 0.25) is 0 Å². The molecule has 7 heteroatoms. The zero-order chi connectivity index (χ0) is 32.8. The lowest BCUT2D eigenvalue weighted by Crippen LogP contribution is -2.12. The Morgan fingerprint density at radius 1 is 0.489 bits per heavy atom. The minimum Gasteiger partial charge on any atom is -0.462 e. The van der Waals surface area contributed by atoms with Gasteiger partial charge in [-0.1, -0.05) is 168 Å². The molecule has 0 heterocycles. The van der Waals surface area contributed by atoms with Gasteiger partial charge >= 0.3 is 11.9 Å². The Kier molecular flexibility index (Phi) is 27.2. The monoisotopic (exact) mass is 650 g/mol. The first-order chi connectivity index (χ1) is 22.0. The van der Waals surface area contributed by atoms with Gasteiger partial charge in [-0.05, 0) is 31.0 Å². The molecule has 0 saturated carbocycles. The molecule has 6 nitrogen and oxygen atoms in total. The van der Waals surface area contributed by atoms with E-state index < -0.39 is 23.0 Å². The van der Waals surface area contributed by atoms with Crippen LogP contribution in [-0.2, 0) is 20.6 Å². The predicted molar refractivity (Wildman–Crippen MR) is 187 cm³/mol. The first kappa shape index (κ1) is 41.3. The van der Waals surface area contributed by atoms with E-state index in [9.17, 15) is 18.4 Å². The van der Waals surface area contributed by atoms with Gasteiger partial charge in [-0.2, -0.15) is 0 Å². The summed E-state index contributed by atoms with van der Waals surface area (Å²) in [5, 5.41) is 0. The Morgan fingerprint density at radius 2 is 0.756 bits per heavy atom. The summed E-state index contributed by atoms with van der Waals surface area (Å²) >= 11 is -2.33. The molecule has 0 saturated heterocycles. The predicted octanol–water partition coefficient (Wildman–Crippen LogP) is 11.8. The number of benzene rings is 1. The summed E-state index contributed by atoms with van der Waals surface area (Å²) in [5.41, 5.74) is 0.190. The maximum absolute atomic E-state index is 12.7. The van der Waals surface area contributed by atoms with E-state index in [1.54, 1.807) is 0 Å². The van der Waals surface area contributed by atoms with Gasteiger partial charge in [0.1, 0.15) is 0 Å². The van der Waals surface area contributed by atoms with Crippen molar-refractivity contribution in [1.82, 2.24) is 0 Å². The second-order valence-corrected chi connectivity index (χ2v) is 13.7. The molecule has 1 aromatic carbocycles. The van der Waals surface area contributed by atoms with Crippen LogP contribution < -0.4 is 0 Å². The van der Waals surface area contributed by atoms with Crippen molar-refractivity contribution in [3.05, 3.63) is 29.3 Å². The Labute approximate surface area is 278 Å². The summed E-state index contributed by atoms with van der Waals surface area (Å²) in [4.78, 5) is 25.3. The van der Waals surface area contributed by atoms with E-state index in [2.05, 4.69) is 13.8 Å². The van der Waals surface area contributed by atoms with Gasteiger partial charge in [0.05, 0.1) is 29.2 Å². The molecule has 0 aliphatic rings. The van der Waals surface area contributed by atoms with Crippen LogP contribution in [0.4, 0.5) is 0 Å². The van der Waals surface area contributed by atoms with Gasteiger partial charge in [0.15, 0.2) is 11.1 Å². The molecule has 45 heavy (non-hydrogen) atoms. The first-order valence-corrected chi connectivity index (χ1v) is 19.7. The van der Waals surface area contributed by atoms with E-state index in [0.29, 0.717) is 13.2 Å². The molecule has 0 spiro atoms. The highest BCUT2D eigenvalue weighted by Crippen LogP contribution is 2.18. The minimum absolute atomic E-state index is 0.0155. The smallest absolute Gasteiger partial charge is 0.338 e. The Hall–Kier alpha value is -1.73. The largest absolute Gasteiger partial charge is 0.462 e. The van der Waals surface area contributed by atoms with Gasteiger partial charge in [-0.15, -0.1) is 0 Å². The summed E-state index contributed by atoms with van der Waals surface area (Å²) < 4.78 is 32.2. The molecule has 0 fully saturated rings. The lowest BCUT2D eigenvalue weighted by molar-refractivity contribution is 0.0495. The van der Waals surface area contributed by atoms with Crippen LogP contribution in [0.25, 0.3) is 0 Å². The van der Waals surface area contributed by atoms with Crippen LogP contribution in [0.5, 0.6) is 0 Å². The lowest BCUT2D eigenvalue weighted by Gasteiger charge is -2.09. The maximum atomic E-state index is 12.7. The Morgan fingerprint density at radius 3 is 1.02 bits per heavy atom. The number of ether oxygens (including phenoxy) is 2. The fourth-order valence-electron chi connectivity index (χ4n) is 5.67. The van der Waals surface area contributed by atoms with Gasteiger partial charge in [0.25, 0.3) is 0 Å². The normalized spacial score (nSPS) is 11.9. The Bertz CT molecular complexity index is 902. The van der Waals surface area contributed by atoms with Crippen LogP contribution in [0, 0.1) is 0 Å². The molecule has 1 unspecified atom stereocenters. The number of esters is 2. The average molecular weight is 651 g/mol. The third kappa shape index (κ3) is 23.3. The molecule has 1 atom stereocenters. The third-order valence-corrected chi connectivity index (χ3v) is 9.18. The molecule has 0 aliphatic heterocycles. The van der Waals surface area contributed by atoms with Crippen molar-refractivity contribution in [2.24, 2.45) is 0 Å². The zero-order valence-electron chi connectivity index (χ0n) is 28.9. The molecule has 0 radical (unpaired) electrons. The van der Waals surface area contributed by atoms with E-state index in [1.807, 2.05) is 0 Å². The van der Waals surface area contributed by atoms with Crippen molar-refractivity contribution in [2.75, 3.05) is 13.2 Å². The Balaban J connectivity index is 2.21. The minimum atomic E-state index is -2.33. The van der Waals surface area contributed by atoms with Crippen LogP contribution in [0.15, 0.2) is 23.1 Å². The van der Waals surface area contributed by atoms with E-state index in [1.165, 1.54) is 147 Å². The number of rotatable bonds is 31. The molecule has 0 aromatic heterocycles. The molecule has 0 bridgehead atoms. The van der Waals surface area contributed by atoms with Gasteiger partial charge in [-0.3, -0.25) is 0 Å². The SMILES string of the molecule is CCCCCCCCCCCCCCCCOC(=O)c1cc(C(=O)OCCCCCCCCCCCCCC)cc(S(=O)O)c1. The topological polar surface area (TPSA) is 89.9 Å². The summed E-state index contributed by atoms with van der Waals surface area (Å²) in [5.74, 6) is -1.18. The van der Waals surface area contributed by atoms with Gasteiger partial charge < -0.3 is 14.0 Å². The van der Waals surface area contributed by atoms with Gasteiger partial charge in [-0.25, -0.2) is 13.8 Å². The standard InChI is InChI=1S/C38H66O6S/c1-3-5-7-9-11-13-15-17-18-20-22-24-26-28-30-44-38(40)35-31-34(32-36(33-35)45(41)42)37(39)43-29-27-25-23-21-19-16-14-12-10-8-6-4-2/h31-33H,3-30H2,1-2H3,(H,41,42). The van der Waals surface area contributed by atoms with Gasteiger partial charge in [0.2, 0.25) is 0 Å². The van der Waals surface area contributed by atoms with Crippen molar-refractivity contribution in [2.45, 2.75) is 186 Å². The molecule has 1 aromatic rings. The van der Waals surface area contributed by atoms with E-state index in [-0.39, 0.29) is 16.0 Å². The van der Waals surface area contributed by atoms with Crippen LogP contribution >= 0.6 is 0 Å². The molecule has 1 rings (SSSR count). The zero-order valence-corrected chi connectivity index (χ0v) is 29.7. The molecular weight excluding hydrogens is 584 g/mol. The number of carbonyl (C=O) groups is 2. The fraction of sp³-hybridized carbons (Fsp3) is 0.789. The maximum Gasteiger partial charge on any atom is 0.338 e.